The van der Waals surface area contributed by atoms with E-state index in [0.29, 0.717) is 29.8 Å². The van der Waals surface area contributed by atoms with E-state index in [1.165, 1.54) is 32.1 Å². The largest absolute Gasteiger partial charge is 0.399 e. The number of nitrogens with zero attached hydrogens (tertiary/aromatic N) is 1. The van der Waals surface area contributed by atoms with Gasteiger partial charge in [-0.15, -0.1) is 0 Å². The van der Waals surface area contributed by atoms with E-state index >= 15 is 0 Å². The van der Waals surface area contributed by atoms with Crippen molar-refractivity contribution >= 4 is 11.6 Å². The first-order valence-electron chi connectivity index (χ1n) is 8.30. The molecular formula is C18H29N3O. The lowest BCUT2D eigenvalue weighted by molar-refractivity contribution is 0.0921. The van der Waals surface area contributed by atoms with E-state index in [9.17, 15) is 4.79 Å². The van der Waals surface area contributed by atoms with Crippen LogP contribution in [0.15, 0.2) is 18.2 Å². The normalized spacial score (nSPS) is 17.5. The number of carbonyl (C=O) groups excluding carboxylic acids is 1. The lowest BCUT2D eigenvalue weighted by Gasteiger charge is -2.35. The first-order chi connectivity index (χ1) is 10.5. The molecule has 122 valence electrons. The lowest BCUT2D eigenvalue weighted by atomic mass is 9.83. The summed E-state index contributed by atoms with van der Waals surface area (Å²) in [5.41, 5.74) is 8.08. The van der Waals surface area contributed by atoms with Gasteiger partial charge in [0.15, 0.2) is 0 Å². The molecule has 22 heavy (non-hydrogen) atoms. The van der Waals surface area contributed by atoms with Gasteiger partial charge in [0.05, 0.1) is 0 Å². The molecule has 1 fully saturated rings. The van der Waals surface area contributed by atoms with Crippen LogP contribution in [-0.2, 0) is 0 Å². The molecule has 4 nitrogen and oxygen atoms in total. The molecule has 0 aliphatic heterocycles. The van der Waals surface area contributed by atoms with Crippen molar-refractivity contribution in [1.29, 1.82) is 0 Å². The van der Waals surface area contributed by atoms with E-state index in [1.54, 1.807) is 6.07 Å². The number of nitrogens with one attached hydrogen (secondary N) is 1. The summed E-state index contributed by atoms with van der Waals surface area (Å²) in [7, 11) is 4.22. The molecule has 1 aliphatic rings. The summed E-state index contributed by atoms with van der Waals surface area (Å²) in [6.07, 6.45) is 6.53. The van der Waals surface area contributed by atoms with Gasteiger partial charge in [-0.3, -0.25) is 4.79 Å². The Labute approximate surface area is 134 Å². The molecule has 0 radical (unpaired) electrons. The molecule has 1 unspecified atom stereocenters. The second-order valence-electron chi connectivity index (χ2n) is 6.71. The van der Waals surface area contributed by atoms with E-state index in [4.69, 9.17) is 5.73 Å². The molecule has 1 amide bonds. The van der Waals surface area contributed by atoms with Crippen molar-refractivity contribution in [2.24, 2.45) is 5.92 Å². The number of benzene rings is 1. The SMILES string of the molecule is Cc1ccc(N)cc1C(=O)NCC(C1CCCCC1)N(C)C. The summed E-state index contributed by atoms with van der Waals surface area (Å²) in [5, 5.41) is 3.11. The summed E-state index contributed by atoms with van der Waals surface area (Å²) in [6.45, 7) is 2.64. The number of hydrogen-bond donors (Lipinski definition) is 2. The first-order valence-corrected chi connectivity index (χ1v) is 8.30. The number of nitrogens with two attached hydrogens (primary N) is 1. The van der Waals surface area contributed by atoms with Crippen LogP contribution < -0.4 is 11.1 Å². The second-order valence-corrected chi connectivity index (χ2v) is 6.71. The highest BCUT2D eigenvalue weighted by molar-refractivity contribution is 5.96. The molecule has 0 bridgehead atoms. The van der Waals surface area contributed by atoms with Gasteiger partial charge in [0.2, 0.25) is 0 Å². The minimum atomic E-state index is -0.0209. The zero-order chi connectivity index (χ0) is 16.1. The van der Waals surface area contributed by atoms with Crippen molar-refractivity contribution in [1.82, 2.24) is 10.2 Å². The van der Waals surface area contributed by atoms with Gasteiger partial charge in [0.1, 0.15) is 0 Å². The number of anilines is 1. The fourth-order valence-electron chi connectivity index (χ4n) is 3.47. The van der Waals surface area contributed by atoms with Crippen molar-refractivity contribution in [2.45, 2.75) is 45.1 Å². The van der Waals surface area contributed by atoms with E-state index in [-0.39, 0.29) is 5.91 Å². The van der Waals surface area contributed by atoms with Crippen molar-refractivity contribution in [3.63, 3.8) is 0 Å². The third-order valence-electron chi connectivity index (χ3n) is 4.84. The van der Waals surface area contributed by atoms with Crippen molar-refractivity contribution < 1.29 is 4.79 Å². The maximum atomic E-state index is 12.4. The summed E-state index contributed by atoms with van der Waals surface area (Å²) >= 11 is 0. The van der Waals surface area contributed by atoms with Gasteiger partial charge >= 0.3 is 0 Å². The van der Waals surface area contributed by atoms with Crippen LogP contribution in [0.2, 0.25) is 0 Å². The maximum absolute atomic E-state index is 12.4. The Morgan fingerprint density at radius 1 is 1.32 bits per heavy atom. The number of rotatable bonds is 5. The Kier molecular flexibility index (Phi) is 5.83. The molecule has 4 heteroatoms. The fraction of sp³-hybridized carbons (Fsp3) is 0.611. The third-order valence-corrected chi connectivity index (χ3v) is 4.84. The molecule has 1 atom stereocenters. The fourth-order valence-corrected chi connectivity index (χ4v) is 3.47. The molecule has 0 aromatic heterocycles. The topological polar surface area (TPSA) is 58.4 Å². The van der Waals surface area contributed by atoms with Crippen LogP contribution in [0.3, 0.4) is 0 Å². The molecular weight excluding hydrogens is 274 g/mol. The van der Waals surface area contributed by atoms with Crippen LogP contribution >= 0.6 is 0 Å². The van der Waals surface area contributed by atoms with E-state index in [2.05, 4.69) is 24.3 Å². The molecule has 1 aliphatic carbocycles. The van der Waals surface area contributed by atoms with Gasteiger partial charge in [0.25, 0.3) is 5.91 Å². The number of amides is 1. The molecule has 0 heterocycles. The average Bonchev–Trinajstić information content (AvgIpc) is 2.50. The minimum absolute atomic E-state index is 0.0209. The smallest absolute Gasteiger partial charge is 0.251 e. The van der Waals surface area contributed by atoms with Gasteiger partial charge < -0.3 is 16.0 Å². The zero-order valence-corrected chi connectivity index (χ0v) is 14.1. The van der Waals surface area contributed by atoms with Crippen LogP contribution in [0.1, 0.15) is 48.0 Å². The molecule has 1 aromatic carbocycles. The quantitative estimate of drug-likeness (QED) is 0.822. The number of likely N-dealkylation sites (N-methyl/N-ethyl adjacent to an activating group) is 1. The summed E-state index contributed by atoms with van der Waals surface area (Å²) < 4.78 is 0. The van der Waals surface area contributed by atoms with Crippen molar-refractivity contribution in [3.8, 4) is 0 Å². The second kappa shape index (κ2) is 7.63. The average molecular weight is 303 g/mol. The van der Waals surface area contributed by atoms with Crippen LogP contribution in [-0.4, -0.2) is 37.5 Å². The maximum Gasteiger partial charge on any atom is 0.251 e. The summed E-state index contributed by atoms with van der Waals surface area (Å²) in [6, 6.07) is 5.90. The van der Waals surface area contributed by atoms with Gasteiger partial charge in [-0.1, -0.05) is 25.3 Å². The molecule has 0 spiro atoms. The molecule has 1 saturated carbocycles. The van der Waals surface area contributed by atoms with Crippen molar-refractivity contribution in [2.75, 3.05) is 26.4 Å². The predicted molar refractivity (Wildman–Crippen MR) is 92.0 cm³/mol. The monoisotopic (exact) mass is 303 g/mol. The molecule has 0 saturated heterocycles. The molecule has 3 N–H and O–H groups in total. The minimum Gasteiger partial charge on any atom is -0.399 e. The highest BCUT2D eigenvalue weighted by Gasteiger charge is 2.25. The Balaban J connectivity index is 1.99. The highest BCUT2D eigenvalue weighted by atomic mass is 16.1. The van der Waals surface area contributed by atoms with Crippen LogP contribution in [0.5, 0.6) is 0 Å². The van der Waals surface area contributed by atoms with Gasteiger partial charge in [-0.2, -0.15) is 0 Å². The van der Waals surface area contributed by atoms with Crippen LogP contribution in [0.25, 0.3) is 0 Å². The number of hydrogen-bond acceptors (Lipinski definition) is 3. The summed E-state index contributed by atoms with van der Waals surface area (Å²) in [5.74, 6) is 0.665. The third kappa shape index (κ3) is 4.23. The highest BCUT2D eigenvalue weighted by Crippen LogP contribution is 2.28. The Bertz CT molecular complexity index is 507. The molecule has 2 rings (SSSR count). The lowest BCUT2D eigenvalue weighted by Crippen LogP contribution is -2.45. The Morgan fingerprint density at radius 3 is 2.64 bits per heavy atom. The van der Waals surface area contributed by atoms with E-state index in [1.807, 2.05) is 19.1 Å². The number of carbonyl (C=O) groups is 1. The van der Waals surface area contributed by atoms with Crippen LogP contribution in [0, 0.1) is 12.8 Å². The predicted octanol–water partition coefficient (Wildman–Crippen LogP) is 2.82. The zero-order valence-electron chi connectivity index (χ0n) is 14.1. The Hall–Kier alpha value is -1.55. The summed E-state index contributed by atoms with van der Waals surface area (Å²) in [4.78, 5) is 14.7. The number of aryl methyl sites for hydroxylation is 1. The molecule has 1 aromatic rings. The standard InChI is InChI=1S/C18H29N3O/c1-13-9-10-15(19)11-16(13)18(22)20-12-17(21(2)3)14-7-5-4-6-8-14/h9-11,14,17H,4-8,12,19H2,1-3H3,(H,20,22). The van der Waals surface area contributed by atoms with E-state index in [0.717, 1.165) is 5.56 Å². The van der Waals surface area contributed by atoms with Crippen LogP contribution in [0.4, 0.5) is 5.69 Å². The van der Waals surface area contributed by atoms with Gasteiger partial charge in [-0.05, 0) is 57.5 Å². The van der Waals surface area contributed by atoms with Gasteiger partial charge in [-0.25, -0.2) is 0 Å². The first kappa shape index (κ1) is 16.8. The van der Waals surface area contributed by atoms with Gasteiger partial charge in [0, 0.05) is 23.8 Å². The number of nitrogen functional groups attached to an aromatic ring is 1. The van der Waals surface area contributed by atoms with E-state index < -0.39 is 0 Å². The van der Waals surface area contributed by atoms with Crippen molar-refractivity contribution in [3.05, 3.63) is 29.3 Å². The Morgan fingerprint density at radius 2 is 2.00 bits per heavy atom.